The van der Waals surface area contributed by atoms with Crippen molar-refractivity contribution in [3.63, 3.8) is 0 Å². The molecular formula is C13H12NY4-. The average Bonchev–Trinajstić information content (AvgIpc) is 2.23. The average molecular weight is 538 g/mol. The number of hydrogen-bond donors (Lipinski definition) is 1. The van der Waals surface area contributed by atoms with Crippen LogP contribution >= 0.6 is 0 Å². The third-order valence-corrected chi connectivity index (χ3v) is 2.07. The molecule has 0 amide bonds. The summed E-state index contributed by atoms with van der Waals surface area (Å²) >= 11 is 0. The van der Waals surface area contributed by atoms with Crippen LogP contribution in [0.5, 0.6) is 0 Å². The van der Waals surface area contributed by atoms with Crippen LogP contribution in [0.2, 0.25) is 0 Å². The Kier molecular flexibility index (Phi) is 20.5. The first-order chi connectivity index (χ1) is 6.86. The van der Waals surface area contributed by atoms with Crippen LogP contribution in [0.3, 0.4) is 0 Å². The summed E-state index contributed by atoms with van der Waals surface area (Å²) in [6.45, 7) is 3.95. The maximum absolute atomic E-state index is 3.95. The van der Waals surface area contributed by atoms with Crippen LogP contribution in [0.1, 0.15) is 5.56 Å². The van der Waals surface area contributed by atoms with E-state index in [1.54, 1.807) is 0 Å². The fourth-order valence-electron chi connectivity index (χ4n) is 1.32. The van der Waals surface area contributed by atoms with Gasteiger partial charge in [-0.2, -0.15) is 18.6 Å². The molecule has 0 aromatic heterocycles. The molecule has 0 aliphatic heterocycles. The zero-order valence-corrected chi connectivity index (χ0v) is 21.6. The predicted molar refractivity (Wildman–Crippen MR) is 60.6 cm³/mol. The van der Waals surface area contributed by atoms with Crippen molar-refractivity contribution < 1.29 is 131 Å². The Morgan fingerprint density at radius 3 is 1.72 bits per heavy atom. The summed E-state index contributed by atoms with van der Waals surface area (Å²) in [6.07, 6.45) is 0. The van der Waals surface area contributed by atoms with Gasteiger partial charge in [0.15, 0.2) is 0 Å². The van der Waals surface area contributed by atoms with E-state index in [1.165, 1.54) is 0 Å². The van der Waals surface area contributed by atoms with Gasteiger partial charge in [0, 0.05) is 137 Å². The Hall–Kier alpha value is 2.53. The van der Waals surface area contributed by atoms with Crippen molar-refractivity contribution in [1.82, 2.24) is 0 Å². The van der Waals surface area contributed by atoms with E-state index in [-0.39, 0.29) is 131 Å². The molecule has 1 nitrogen and oxygen atoms in total. The van der Waals surface area contributed by atoms with Gasteiger partial charge in [0.2, 0.25) is 0 Å². The quantitative estimate of drug-likeness (QED) is 0.578. The molecule has 82 valence electrons. The van der Waals surface area contributed by atoms with Gasteiger partial charge in [0.1, 0.15) is 0 Å². The van der Waals surface area contributed by atoms with Crippen molar-refractivity contribution in [1.29, 1.82) is 0 Å². The Morgan fingerprint density at radius 2 is 1.17 bits per heavy atom. The number of para-hydroxylation sites is 2. The smallest absolute Gasteiger partial charge is 0.0274 e. The molecule has 0 fully saturated rings. The fraction of sp³-hybridized carbons (Fsp3) is 0. The Morgan fingerprint density at radius 1 is 0.667 bits per heavy atom. The number of anilines is 2. The third-order valence-electron chi connectivity index (χ3n) is 2.07. The SMILES string of the molecule is [CH2-]c1ccccc1Nc1ccccc1.[Y].[Y].[Y].[Y]. The normalized spacial score (nSPS) is 7.56. The maximum Gasteiger partial charge on any atom is 0.0274 e. The molecule has 0 saturated heterocycles. The molecule has 0 saturated carbocycles. The topological polar surface area (TPSA) is 12.0 Å². The minimum atomic E-state index is 0. The molecule has 0 aliphatic rings. The van der Waals surface area contributed by atoms with Crippen molar-refractivity contribution in [3.8, 4) is 0 Å². The summed E-state index contributed by atoms with van der Waals surface area (Å²) in [5.74, 6) is 0. The number of benzene rings is 2. The van der Waals surface area contributed by atoms with Crippen LogP contribution in [0.15, 0.2) is 54.6 Å². The molecule has 0 bridgehead atoms. The molecule has 0 heterocycles. The van der Waals surface area contributed by atoms with Gasteiger partial charge >= 0.3 is 0 Å². The minimum Gasteiger partial charge on any atom is -0.408 e. The number of rotatable bonds is 2. The van der Waals surface area contributed by atoms with E-state index in [4.69, 9.17) is 0 Å². The monoisotopic (exact) mass is 538 g/mol. The molecule has 18 heavy (non-hydrogen) atoms. The summed E-state index contributed by atoms with van der Waals surface area (Å²) in [6, 6.07) is 18.1. The maximum atomic E-state index is 3.95. The second-order valence-corrected chi connectivity index (χ2v) is 3.15. The van der Waals surface area contributed by atoms with Gasteiger partial charge in [-0.25, -0.2) is 0 Å². The Balaban J connectivity index is -0.000000562. The first kappa shape index (κ1) is 25.5. The summed E-state index contributed by atoms with van der Waals surface area (Å²) in [4.78, 5) is 0. The summed E-state index contributed by atoms with van der Waals surface area (Å²) in [5.41, 5.74) is 3.15. The number of nitrogens with one attached hydrogen (secondary N) is 1. The summed E-state index contributed by atoms with van der Waals surface area (Å²) in [5, 5.41) is 3.31. The molecule has 0 atom stereocenters. The van der Waals surface area contributed by atoms with E-state index in [1.807, 2.05) is 54.6 Å². The fourth-order valence-corrected chi connectivity index (χ4v) is 1.32. The van der Waals surface area contributed by atoms with Crippen LogP contribution in [0, 0.1) is 6.92 Å². The van der Waals surface area contributed by atoms with Gasteiger partial charge in [0.05, 0.1) is 0 Å². The van der Waals surface area contributed by atoms with Crippen LogP contribution in [0.25, 0.3) is 0 Å². The van der Waals surface area contributed by atoms with E-state index in [9.17, 15) is 0 Å². The zero-order chi connectivity index (χ0) is 9.80. The van der Waals surface area contributed by atoms with Crippen molar-refractivity contribution in [2.45, 2.75) is 0 Å². The third kappa shape index (κ3) is 8.73. The molecular weight excluding hydrogens is 526 g/mol. The van der Waals surface area contributed by atoms with E-state index >= 15 is 0 Å². The van der Waals surface area contributed by atoms with Gasteiger partial charge in [-0.1, -0.05) is 36.0 Å². The van der Waals surface area contributed by atoms with Gasteiger partial charge in [-0.15, -0.1) is 6.07 Å². The van der Waals surface area contributed by atoms with Crippen molar-refractivity contribution >= 4 is 11.4 Å². The van der Waals surface area contributed by atoms with Gasteiger partial charge in [0.25, 0.3) is 0 Å². The van der Waals surface area contributed by atoms with Crippen LogP contribution in [-0.4, -0.2) is 0 Å². The van der Waals surface area contributed by atoms with Crippen LogP contribution in [-0.2, 0) is 131 Å². The Bertz CT molecular complexity index is 420. The second-order valence-electron chi connectivity index (χ2n) is 3.15. The van der Waals surface area contributed by atoms with Gasteiger partial charge in [-0.05, 0) is 12.1 Å². The molecule has 2 aromatic carbocycles. The Labute approximate surface area is 210 Å². The van der Waals surface area contributed by atoms with Crippen LogP contribution in [0.4, 0.5) is 11.4 Å². The molecule has 5 heteroatoms. The zero-order valence-electron chi connectivity index (χ0n) is 10.2. The minimum absolute atomic E-state index is 0. The first-order valence-corrected chi connectivity index (χ1v) is 4.59. The predicted octanol–water partition coefficient (Wildman–Crippen LogP) is 3.60. The molecule has 0 unspecified atom stereocenters. The molecule has 0 spiro atoms. The number of hydrogen-bond acceptors (Lipinski definition) is 1. The molecule has 0 aliphatic carbocycles. The second kappa shape index (κ2) is 14.5. The summed E-state index contributed by atoms with van der Waals surface area (Å²) in [7, 11) is 0. The molecule has 4 radical (unpaired) electrons. The first-order valence-electron chi connectivity index (χ1n) is 4.59. The van der Waals surface area contributed by atoms with E-state index < -0.39 is 0 Å². The standard InChI is InChI=1S/C13H12N.4Y/c1-11-7-5-6-10-13(11)14-12-8-3-2-4-9-12;;;;/h2-10,14H,1H2;;;;/q-1;;;;. The van der Waals surface area contributed by atoms with Crippen molar-refractivity contribution in [2.24, 2.45) is 0 Å². The van der Waals surface area contributed by atoms with E-state index in [0.717, 1.165) is 16.9 Å². The van der Waals surface area contributed by atoms with Crippen molar-refractivity contribution in [3.05, 3.63) is 67.1 Å². The summed E-state index contributed by atoms with van der Waals surface area (Å²) < 4.78 is 0. The van der Waals surface area contributed by atoms with E-state index in [0.29, 0.717) is 0 Å². The molecule has 2 aromatic rings. The largest absolute Gasteiger partial charge is 0.408 e. The van der Waals surface area contributed by atoms with Gasteiger partial charge < -0.3 is 5.32 Å². The molecule has 2 rings (SSSR count). The van der Waals surface area contributed by atoms with Crippen LogP contribution < -0.4 is 5.32 Å². The van der Waals surface area contributed by atoms with Crippen molar-refractivity contribution in [2.75, 3.05) is 5.32 Å². The van der Waals surface area contributed by atoms with E-state index in [2.05, 4.69) is 12.2 Å². The molecule has 1 N–H and O–H groups in total. The van der Waals surface area contributed by atoms with Gasteiger partial charge in [-0.3, -0.25) is 0 Å².